The van der Waals surface area contributed by atoms with Gasteiger partial charge in [0.2, 0.25) is 0 Å². The zero-order chi connectivity index (χ0) is 49.9. The van der Waals surface area contributed by atoms with Crippen molar-refractivity contribution in [2.45, 2.75) is 26.7 Å². The molecule has 8 nitrogen and oxygen atoms in total. The van der Waals surface area contributed by atoms with Crippen LogP contribution in [-0.2, 0) is 12.8 Å². The Balaban J connectivity index is 1.07. The number of benzene rings is 7. The van der Waals surface area contributed by atoms with Gasteiger partial charge in [-0.3, -0.25) is 4.98 Å². The number of hydrogen-bond donors (Lipinski definition) is 0. The quantitative estimate of drug-likeness (QED) is 0.154. The number of nitrogens with zero attached hydrogens (tertiary/aromatic N) is 6. The molecule has 0 fully saturated rings. The molecule has 10 heterocycles. The van der Waals surface area contributed by atoms with Crippen molar-refractivity contribution >= 4 is 90.2 Å². The molecule has 4 aliphatic rings. The second-order valence-electron chi connectivity index (χ2n) is 20.6. The predicted molar refractivity (Wildman–Crippen MR) is 309 cm³/mol. The SMILES string of the molecule is CCc1ccc2c(c1)B1c3c(c4c5c(c3-n3c6cnc(-c7ccccc7)cc6c6nc(-c7ccccc7)cc1c63)Oc1ccc(CC)cc1B5c1cc(-c3ccccc3)nc3c5nc(-c6ccccc6)ccc5n-4c13)O2. The fourth-order valence-electron chi connectivity index (χ4n) is 13.1. The van der Waals surface area contributed by atoms with Gasteiger partial charge in [0.15, 0.2) is 0 Å². The van der Waals surface area contributed by atoms with Crippen LogP contribution in [0.3, 0.4) is 0 Å². The van der Waals surface area contributed by atoms with Crippen molar-refractivity contribution < 1.29 is 9.47 Å². The van der Waals surface area contributed by atoms with Crippen LogP contribution in [0.15, 0.2) is 194 Å². The summed E-state index contributed by atoms with van der Waals surface area (Å²) < 4.78 is 20.3. The van der Waals surface area contributed by atoms with E-state index in [-0.39, 0.29) is 13.4 Å². The Kier molecular flexibility index (Phi) is 8.55. The first kappa shape index (κ1) is 41.9. The van der Waals surface area contributed by atoms with E-state index in [0.29, 0.717) is 0 Å². The maximum atomic E-state index is 7.71. The van der Waals surface area contributed by atoms with Crippen LogP contribution in [0.5, 0.6) is 23.0 Å². The van der Waals surface area contributed by atoms with Gasteiger partial charge in [-0.25, -0.2) is 15.0 Å². The molecule has 0 radical (unpaired) electrons. The van der Waals surface area contributed by atoms with Gasteiger partial charge < -0.3 is 18.6 Å². The van der Waals surface area contributed by atoms with Crippen molar-refractivity contribution in [2.75, 3.05) is 0 Å². The molecule has 0 saturated heterocycles. The van der Waals surface area contributed by atoms with E-state index < -0.39 is 0 Å². The smallest absolute Gasteiger partial charge is 0.256 e. The first-order valence-corrected chi connectivity index (χ1v) is 26.4. The van der Waals surface area contributed by atoms with E-state index in [9.17, 15) is 0 Å². The van der Waals surface area contributed by atoms with E-state index in [1.165, 1.54) is 11.1 Å². The lowest BCUT2D eigenvalue weighted by atomic mass is 9.31. The molecule has 6 aromatic heterocycles. The van der Waals surface area contributed by atoms with Gasteiger partial charge in [-0.1, -0.05) is 159 Å². The maximum absolute atomic E-state index is 7.71. The standard InChI is InChI=1S/C66H42B2N6O2/c1-3-37-25-29-54-44(31-37)67-46-34-50(41-21-13-7-14-22-41)71-58-43-33-49(40-19-11-6-12-20-40)69-36-53(43)74(61(46)58)64-57(67)65(75-54)63-56-66(64)76-55-30-26-38(4-2)32-45(55)68(56)47-35-51(42-23-15-8-16-24-42)72-60-59-52(73(63)62(47)60)28-27-48(70-59)39-17-9-5-10-18-39/h5-36H,3-4H2,1-2H3. The van der Waals surface area contributed by atoms with Crippen LogP contribution < -0.4 is 42.3 Å². The Bertz CT molecular complexity index is 4380. The molecule has 13 aromatic rings. The first-order chi connectivity index (χ1) is 37.6. The lowest BCUT2D eigenvalue weighted by molar-refractivity contribution is 0.472. The fraction of sp³-hybridized carbons (Fsp3) is 0.0606. The van der Waals surface area contributed by atoms with Gasteiger partial charge >= 0.3 is 0 Å². The number of pyridine rings is 4. The molecule has 0 atom stereocenters. The van der Waals surface area contributed by atoms with Crippen LogP contribution in [0.2, 0.25) is 0 Å². The minimum atomic E-state index is -0.272. The molecule has 10 heteroatoms. The van der Waals surface area contributed by atoms with Crippen molar-refractivity contribution in [1.82, 2.24) is 29.1 Å². The molecule has 354 valence electrons. The van der Waals surface area contributed by atoms with Crippen LogP contribution in [0, 0.1) is 0 Å². The van der Waals surface area contributed by atoms with Gasteiger partial charge in [0.1, 0.15) is 34.0 Å². The summed E-state index contributed by atoms with van der Waals surface area (Å²) in [5.41, 5.74) is 25.3. The minimum absolute atomic E-state index is 0.265. The van der Waals surface area contributed by atoms with Crippen LogP contribution in [0.4, 0.5) is 0 Å². The van der Waals surface area contributed by atoms with Crippen LogP contribution in [0.25, 0.3) is 100 Å². The molecule has 0 unspecified atom stereocenters. The van der Waals surface area contributed by atoms with E-state index in [2.05, 4.69) is 211 Å². The summed E-state index contributed by atoms with van der Waals surface area (Å²) in [4.78, 5) is 22.2. The molecule has 7 aromatic carbocycles. The molecule has 0 amide bonds. The second-order valence-corrected chi connectivity index (χ2v) is 20.6. The topological polar surface area (TPSA) is 79.9 Å². The average molecular weight is 973 g/mol. The predicted octanol–water partition coefficient (Wildman–Crippen LogP) is 11.1. The van der Waals surface area contributed by atoms with Crippen molar-refractivity contribution in [3.8, 4) is 79.4 Å². The van der Waals surface area contributed by atoms with E-state index in [1.54, 1.807) is 0 Å². The molecular formula is C66H42B2N6O2. The molecule has 4 aliphatic heterocycles. The number of hydrogen-bond acceptors (Lipinski definition) is 6. The van der Waals surface area contributed by atoms with Gasteiger partial charge in [0.05, 0.1) is 67.9 Å². The van der Waals surface area contributed by atoms with Gasteiger partial charge in [-0.2, -0.15) is 0 Å². The van der Waals surface area contributed by atoms with E-state index in [0.717, 1.165) is 169 Å². The Hall–Kier alpha value is -9.53. The first-order valence-electron chi connectivity index (χ1n) is 26.4. The highest BCUT2D eigenvalue weighted by atomic mass is 16.5. The third-order valence-corrected chi connectivity index (χ3v) is 16.6. The van der Waals surface area contributed by atoms with E-state index >= 15 is 0 Å². The zero-order valence-corrected chi connectivity index (χ0v) is 41.5. The van der Waals surface area contributed by atoms with E-state index in [1.807, 2.05) is 6.20 Å². The van der Waals surface area contributed by atoms with Crippen molar-refractivity contribution in [3.63, 3.8) is 0 Å². The Labute approximate surface area is 438 Å². The second kappa shape index (κ2) is 15.5. The zero-order valence-electron chi connectivity index (χ0n) is 41.5. The fourth-order valence-corrected chi connectivity index (χ4v) is 13.1. The number of aryl methyl sites for hydroxylation is 2. The summed E-state index contributed by atoms with van der Waals surface area (Å²) in [7, 11) is 0. The van der Waals surface area contributed by atoms with Gasteiger partial charge in [-0.15, -0.1) is 0 Å². The summed E-state index contributed by atoms with van der Waals surface area (Å²) >= 11 is 0. The van der Waals surface area contributed by atoms with Crippen molar-refractivity contribution in [3.05, 3.63) is 205 Å². The molecular weight excluding hydrogens is 930 g/mol. The molecule has 0 bridgehead atoms. The van der Waals surface area contributed by atoms with Crippen molar-refractivity contribution in [2.24, 2.45) is 0 Å². The molecule has 0 N–H and O–H groups in total. The molecule has 0 aliphatic carbocycles. The highest BCUT2D eigenvalue weighted by Gasteiger charge is 2.51. The Morgan fingerprint density at radius 1 is 0.408 bits per heavy atom. The Morgan fingerprint density at radius 2 is 0.868 bits per heavy atom. The summed E-state index contributed by atoms with van der Waals surface area (Å²) in [6, 6.07) is 66.9. The van der Waals surface area contributed by atoms with E-state index in [4.69, 9.17) is 29.4 Å². The largest absolute Gasteiger partial charge is 0.456 e. The molecule has 0 saturated carbocycles. The highest BCUT2D eigenvalue weighted by Crippen LogP contribution is 2.49. The summed E-state index contributed by atoms with van der Waals surface area (Å²) in [5.74, 6) is 3.27. The monoisotopic (exact) mass is 972 g/mol. The summed E-state index contributed by atoms with van der Waals surface area (Å²) in [6.45, 7) is 3.91. The normalized spacial score (nSPS) is 13.1. The average Bonchev–Trinajstić information content (AvgIpc) is 4.15. The van der Waals surface area contributed by atoms with Crippen LogP contribution in [0.1, 0.15) is 25.0 Å². The van der Waals surface area contributed by atoms with Crippen LogP contribution in [-0.4, -0.2) is 42.5 Å². The minimum Gasteiger partial charge on any atom is -0.456 e. The summed E-state index contributed by atoms with van der Waals surface area (Å²) in [5, 5.41) is 1.02. The number of rotatable bonds is 6. The number of aromatic nitrogens is 6. The lowest BCUT2D eigenvalue weighted by Crippen LogP contribution is -2.63. The van der Waals surface area contributed by atoms with Gasteiger partial charge in [0.25, 0.3) is 13.4 Å². The van der Waals surface area contributed by atoms with Gasteiger partial charge in [0, 0.05) is 38.6 Å². The van der Waals surface area contributed by atoms with Gasteiger partial charge in [-0.05, 0) is 88.3 Å². The van der Waals surface area contributed by atoms with Crippen LogP contribution >= 0.6 is 0 Å². The van der Waals surface area contributed by atoms with Crippen molar-refractivity contribution in [1.29, 1.82) is 0 Å². The molecule has 0 spiro atoms. The Morgan fingerprint density at radius 3 is 1.39 bits per heavy atom. The lowest BCUT2D eigenvalue weighted by Gasteiger charge is -2.41. The number of ether oxygens (including phenoxy) is 2. The maximum Gasteiger partial charge on any atom is 0.256 e. The summed E-state index contributed by atoms with van der Waals surface area (Å²) in [6.07, 6.45) is 3.81. The molecule has 17 rings (SSSR count). The third-order valence-electron chi connectivity index (χ3n) is 16.6. The highest BCUT2D eigenvalue weighted by molar-refractivity contribution is 7.02. The molecule has 76 heavy (non-hydrogen) atoms. The number of fused-ring (bicyclic) bond motifs is 16. The third kappa shape index (κ3) is 5.65.